The third-order valence-corrected chi connectivity index (χ3v) is 6.22. The molecule has 1 unspecified atom stereocenters. The Morgan fingerprint density at radius 2 is 2.00 bits per heavy atom. The van der Waals surface area contributed by atoms with Gasteiger partial charge in [0.2, 0.25) is 10.0 Å². The summed E-state index contributed by atoms with van der Waals surface area (Å²) < 4.78 is 39.5. The molecular formula is C14H25N3O4S. The molecule has 1 aliphatic rings. The normalized spacial score (nSPS) is 20.6. The van der Waals surface area contributed by atoms with Crippen molar-refractivity contribution in [3.05, 3.63) is 18.0 Å². The fourth-order valence-electron chi connectivity index (χ4n) is 2.94. The summed E-state index contributed by atoms with van der Waals surface area (Å²) in [5.74, 6) is 0. The Hall–Kier alpha value is -0.960. The van der Waals surface area contributed by atoms with Crippen molar-refractivity contribution in [1.82, 2.24) is 14.1 Å². The lowest BCUT2D eigenvalue weighted by Gasteiger charge is -2.36. The van der Waals surface area contributed by atoms with E-state index in [0.29, 0.717) is 6.54 Å². The predicted molar refractivity (Wildman–Crippen MR) is 83.0 cm³/mol. The highest BCUT2D eigenvalue weighted by Crippen LogP contribution is 2.34. The first kappa shape index (κ1) is 17.4. The van der Waals surface area contributed by atoms with Crippen LogP contribution in [0.15, 0.2) is 12.4 Å². The minimum Gasteiger partial charge on any atom is -0.383 e. The number of piperidine rings is 1. The van der Waals surface area contributed by atoms with E-state index in [9.17, 15) is 8.42 Å². The average Bonchev–Trinajstić information content (AvgIpc) is 2.93. The van der Waals surface area contributed by atoms with E-state index in [0.717, 1.165) is 24.8 Å². The second kappa shape index (κ2) is 7.54. The van der Waals surface area contributed by atoms with Crippen LogP contribution in [0.25, 0.3) is 0 Å². The molecule has 1 aromatic heterocycles. The summed E-state index contributed by atoms with van der Waals surface area (Å²) in [7, 11) is 1.36. The molecule has 0 N–H and O–H groups in total. The van der Waals surface area contributed by atoms with Crippen LogP contribution in [0, 0.1) is 0 Å². The van der Waals surface area contributed by atoms with Crippen molar-refractivity contribution in [2.75, 3.05) is 34.0 Å². The van der Waals surface area contributed by atoms with Gasteiger partial charge in [-0.1, -0.05) is 6.42 Å². The Morgan fingerprint density at radius 3 is 2.55 bits per heavy atom. The summed E-state index contributed by atoms with van der Waals surface area (Å²) in [4.78, 5) is 0. The van der Waals surface area contributed by atoms with Crippen molar-refractivity contribution in [2.45, 2.75) is 30.6 Å². The van der Waals surface area contributed by atoms with Gasteiger partial charge in [0.1, 0.15) is 5.25 Å². The first-order chi connectivity index (χ1) is 10.5. The van der Waals surface area contributed by atoms with Gasteiger partial charge in [0.05, 0.1) is 25.5 Å². The largest absolute Gasteiger partial charge is 0.383 e. The van der Waals surface area contributed by atoms with Gasteiger partial charge in [-0.15, -0.1) is 0 Å². The molecule has 0 amide bonds. The van der Waals surface area contributed by atoms with Crippen molar-refractivity contribution >= 4 is 10.0 Å². The molecule has 0 bridgehead atoms. The molecule has 0 aromatic carbocycles. The molecular weight excluding hydrogens is 306 g/mol. The van der Waals surface area contributed by atoms with E-state index in [1.54, 1.807) is 15.2 Å². The monoisotopic (exact) mass is 331 g/mol. The van der Waals surface area contributed by atoms with Crippen molar-refractivity contribution in [1.29, 1.82) is 0 Å². The van der Waals surface area contributed by atoms with Gasteiger partial charge in [0, 0.05) is 39.6 Å². The van der Waals surface area contributed by atoms with E-state index in [2.05, 4.69) is 5.10 Å². The van der Waals surface area contributed by atoms with Crippen LogP contribution in [0.4, 0.5) is 0 Å². The molecule has 1 fully saturated rings. The molecule has 8 heteroatoms. The molecule has 2 heterocycles. The standard InChI is InChI=1S/C14H25N3O4S/c1-16-9-12(8-15-16)14-6-4-5-7-17(14)22(18,19)13(10-20-2)11-21-3/h8-9,13-14H,4-7,10-11H2,1-3H3. The predicted octanol–water partition coefficient (Wildman–Crippen LogP) is 0.938. The van der Waals surface area contributed by atoms with Crippen LogP contribution >= 0.6 is 0 Å². The van der Waals surface area contributed by atoms with Gasteiger partial charge in [0.15, 0.2) is 0 Å². The first-order valence-corrected chi connectivity index (χ1v) is 8.98. The third-order valence-electron chi connectivity index (χ3n) is 4.02. The van der Waals surface area contributed by atoms with Crippen LogP contribution in [-0.2, 0) is 26.5 Å². The lowest BCUT2D eigenvalue weighted by Crippen LogP contribution is -2.46. The SMILES string of the molecule is COCC(COC)S(=O)(=O)N1CCCCC1c1cnn(C)c1. The van der Waals surface area contributed by atoms with Gasteiger partial charge in [-0.2, -0.15) is 9.40 Å². The second-order valence-corrected chi connectivity index (χ2v) is 7.81. The topological polar surface area (TPSA) is 73.7 Å². The minimum absolute atomic E-state index is 0.131. The molecule has 0 radical (unpaired) electrons. The highest BCUT2D eigenvalue weighted by atomic mass is 32.2. The fourth-order valence-corrected chi connectivity index (χ4v) is 4.90. The molecule has 2 rings (SSSR count). The highest BCUT2D eigenvalue weighted by Gasteiger charge is 2.39. The lowest BCUT2D eigenvalue weighted by atomic mass is 10.0. The number of hydrogen-bond acceptors (Lipinski definition) is 5. The number of aryl methyl sites for hydroxylation is 1. The second-order valence-electron chi connectivity index (χ2n) is 5.65. The van der Waals surface area contributed by atoms with Crippen LogP contribution in [0.3, 0.4) is 0 Å². The maximum Gasteiger partial charge on any atom is 0.222 e. The van der Waals surface area contributed by atoms with Crippen molar-refractivity contribution in [2.24, 2.45) is 7.05 Å². The highest BCUT2D eigenvalue weighted by molar-refractivity contribution is 7.89. The summed E-state index contributed by atoms with van der Waals surface area (Å²) in [6, 6.07) is -0.149. The number of nitrogens with zero attached hydrogens (tertiary/aromatic N) is 3. The number of ether oxygens (including phenoxy) is 2. The Morgan fingerprint density at radius 1 is 1.32 bits per heavy atom. The Balaban J connectivity index is 2.28. The zero-order chi connectivity index (χ0) is 16.2. The minimum atomic E-state index is -3.49. The third kappa shape index (κ3) is 3.68. The Bertz CT molecular complexity index is 566. The Labute approximate surface area is 132 Å². The van der Waals surface area contributed by atoms with Crippen molar-refractivity contribution in [3.8, 4) is 0 Å². The molecule has 22 heavy (non-hydrogen) atoms. The van der Waals surface area contributed by atoms with E-state index in [1.165, 1.54) is 14.2 Å². The number of methoxy groups -OCH3 is 2. The fraction of sp³-hybridized carbons (Fsp3) is 0.786. The van der Waals surface area contributed by atoms with Crippen LogP contribution in [0.2, 0.25) is 0 Å². The number of sulfonamides is 1. The maximum atomic E-state index is 13.0. The van der Waals surface area contributed by atoms with Gasteiger partial charge < -0.3 is 9.47 Å². The zero-order valence-corrected chi connectivity index (χ0v) is 14.3. The summed E-state index contributed by atoms with van der Waals surface area (Å²) in [6.07, 6.45) is 6.35. The molecule has 0 aliphatic carbocycles. The molecule has 1 atom stereocenters. The van der Waals surface area contributed by atoms with Gasteiger partial charge in [0.25, 0.3) is 0 Å². The van der Waals surface area contributed by atoms with Gasteiger partial charge in [-0.05, 0) is 12.8 Å². The number of rotatable bonds is 7. The number of aromatic nitrogens is 2. The zero-order valence-electron chi connectivity index (χ0n) is 13.4. The molecule has 1 aromatic rings. The Kier molecular flexibility index (Phi) is 5.96. The summed E-state index contributed by atoms with van der Waals surface area (Å²) in [6.45, 7) is 0.796. The van der Waals surface area contributed by atoms with E-state index in [-0.39, 0.29) is 19.3 Å². The summed E-state index contributed by atoms with van der Waals surface area (Å²) in [5.41, 5.74) is 0.944. The van der Waals surface area contributed by atoms with Crippen LogP contribution in [0.5, 0.6) is 0 Å². The average molecular weight is 331 g/mol. The maximum absolute atomic E-state index is 13.0. The van der Waals surface area contributed by atoms with E-state index in [4.69, 9.17) is 9.47 Å². The van der Waals surface area contributed by atoms with Crippen LogP contribution in [-0.4, -0.2) is 61.7 Å². The molecule has 126 valence electrons. The van der Waals surface area contributed by atoms with Gasteiger partial charge in [-0.25, -0.2) is 8.42 Å². The smallest absolute Gasteiger partial charge is 0.222 e. The summed E-state index contributed by atoms with van der Waals surface area (Å²) in [5, 5.41) is 3.49. The molecule has 0 spiro atoms. The van der Waals surface area contributed by atoms with E-state index >= 15 is 0 Å². The van der Waals surface area contributed by atoms with Gasteiger partial charge >= 0.3 is 0 Å². The van der Waals surface area contributed by atoms with E-state index in [1.807, 2.05) is 13.2 Å². The lowest BCUT2D eigenvalue weighted by molar-refractivity contribution is 0.135. The van der Waals surface area contributed by atoms with Crippen LogP contribution < -0.4 is 0 Å². The van der Waals surface area contributed by atoms with Gasteiger partial charge in [-0.3, -0.25) is 4.68 Å². The first-order valence-electron chi connectivity index (χ1n) is 7.47. The number of hydrogen-bond donors (Lipinski definition) is 0. The molecule has 1 saturated heterocycles. The molecule has 1 aliphatic heterocycles. The molecule has 7 nitrogen and oxygen atoms in total. The quantitative estimate of drug-likeness (QED) is 0.743. The van der Waals surface area contributed by atoms with Crippen molar-refractivity contribution < 1.29 is 17.9 Å². The van der Waals surface area contributed by atoms with Crippen molar-refractivity contribution in [3.63, 3.8) is 0 Å². The molecule has 0 saturated carbocycles. The summed E-state index contributed by atoms with van der Waals surface area (Å²) >= 11 is 0. The van der Waals surface area contributed by atoms with Crippen LogP contribution in [0.1, 0.15) is 30.9 Å². The van der Waals surface area contributed by atoms with E-state index < -0.39 is 15.3 Å².